The largest absolute Gasteiger partial charge is 0.362 e. The van der Waals surface area contributed by atoms with Crippen molar-refractivity contribution < 1.29 is 9.59 Å². The molecule has 7 nitrogen and oxygen atoms in total. The number of fused-ring (bicyclic) bond motifs is 5. The van der Waals surface area contributed by atoms with Crippen LogP contribution in [0.2, 0.25) is 0 Å². The number of carbonyl (C=O) groups excluding carboxylic acids is 2. The molecule has 6 rings (SSSR count). The molecule has 0 radical (unpaired) electrons. The molecule has 34 heavy (non-hydrogen) atoms. The molecule has 2 saturated heterocycles. The van der Waals surface area contributed by atoms with Crippen LogP contribution in [-0.2, 0) is 21.5 Å². The molecule has 4 atom stereocenters. The van der Waals surface area contributed by atoms with Crippen molar-refractivity contribution in [2.24, 2.45) is 10.2 Å². The fraction of sp³-hybridized carbons (Fsp3) is 0.259. The number of likely N-dealkylation sites (N-methyl/N-ethyl adjacent to an activating group) is 1. The van der Waals surface area contributed by atoms with Gasteiger partial charge in [-0.3, -0.25) is 9.59 Å². The van der Waals surface area contributed by atoms with Gasteiger partial charge in [-0.2, -0.15) is 10.2 Å². The minimum atomic E-state index is -0.828. The first kappa shape index (κ1) is 20.6. The second kappa shape index (κ2) is 7.80. The van der Waals surface area contributed by atoms with Crippen molar-refractivity contribution in [2.45, 2.75) is 36.6 Å². The Morgan fingerprint density at radius 1 is 0.912 bits per heavy atom. The van der Waals surface area contributed by atoms with Crippen LogP contribution in [0.4, 0.5) is 11.4 Å². The molecule has 0 unspecified atom stereocenters. The van der Waals surface area contributed by atoms with Crippen molar-refractivity contribution in [1.82, 2.24) is 9.80 Å². The van der Waals surface area contributed by atoms with Gasteiger partial charge in [-0.25, -0.2) is 0 Å². The zero-order valence-electron chi connectivity index (χ0n) is 18.8. The maximum absolute atomic E-state index is 13.9. The summed E-state index contributed by atoms with van der Waals surface area (Å²) in [4.78, 5) is 30.8. The zero-order valence-corrected chi connectivity index (χ0v) is 18.8. The average molecular weight is 452 g/mol. The van der Waals surface area contributed by atoms with Gasteiger partial charge in [0.05, 0.1) is 5.69 Å². The summed E-state index contributed by atoms with van der Waals surface area (Å²) >= 11 is 0. The molecular formula is C27H25N5O2. The maximum Gasteiger partial charge on any atom is 0.248 e. The predicted octanol–water partition coefficient (Wildman–Crippen LogP) is 4.10. The third-order valence-electron chi connectivity index (χ3n) is 7.27. The van der Waals surface area contributed by atoms with Gasteiger partial charge in [0.2, 0.25) is 11.8 Å². The lowest BCUT2D eigenvalue weighted by atomic mass is 9.88. The first-order valence-electron chi connectivity index (χ1n) is 11.6. The smallest absolute Gasteiger partial charge is 0.248 e. The summed E-state index contributed by atoms with van der Waals surface area (Å²) in [6.45, 7) is 0. The molecule has 7 heteroatoms. The number of azo groups is 1. The number of nitrogens with zero attached hydrogens (tertiary/aromatic N) is 4. The van der Waals surface area contributed by atoms with E-state index < -0.39 is 23.8 Å². The molecule has 1 N–H and O–H groups in total. The van der Waals surface area contributed by atoms with E-state index in [4.69, 9.17) is 5.11 Å². The number of nitrogens with one attached hydrogen (secondary N) is 1. The summed E-state index contributed by atoms with van der Waals surface area (Å²) in [5, 5.41) is 12.9. The first-order valence-corrected chi connectivity index (χ1v) is 11.6. The lowest BCUT2D eigenvalue weighted by Crippen LogP contribution is -2.64. The van der Waals surface area contributed by atoms with Crippen LogP contribution in [0.15, 0.2) is 95.2 Å². The second-order valence-electron chi connectivity index (χ2n) is 9.17. The topological polar surface area (TPSA) is 77.4 Å². The fourth-order valence-corrected chi connectivity index (χ4v) is 5.56. The highest BCUT2D eigenvalue weighted by atomic mass is 16.2. The van der Waals surface area contributed by atoms with Crippen molar-refractivity contribution in [1.29, 1.82) is 0 Å². The van der Waals surface area contributed by atoms with E-state index in [2.05, 4.69) is 10.4 Å². The lowest BCUT2D eigenvalue weighted by molar-refractivity contribution is -0.159. The van der Waals surface area contributed by atoms with Gasteiger partial charge in [0, 0.05) is 31.1 Å². The summed E-state index contributed by atoms with van der Waals surface area (Å²) in [5.74, 6) is -0.110. The predicted molar refractivity (Wildman–Crippen MR) is 128 cm³/mol. The molecular weight excluding hydrogens is 426 g/mol. The molecule has 3 aromatic carbocycles. The first-order chi connectivity index (χ1) is 16.6. The molecule has 3 aliphatic rings. The molecule has 0 saturated carbocycles. The van der Waals surface area contributed by atoms with Crippen molar-refractivity contribution in [3.8, 4) is 0 Å². The van der Waals surface area contributed by atoms with Gasteiger partial charge in [0.15, 0.2) is 0 Å². The van der Waals surface area contributed by atoms with Crippen LogP contribution >= 0.6 is 0 Å². The Kier molecular flexibility index (Phi) is 4.72. The molecule has 0 bridgehead atoms. The second-order valence-corrected chi connectivity index (χ2v) is 9.17. The van der Waals surface area contributed by atoms with Crippen molar-refractivity contribution >= 4 is 23.2 Å². The summed E-state index contributed by atoms with van der Waals surface area (Å²) in [6.07, 6.45) is 0.402. The third-order valence-corrected chi connectivity index (χ3v) is 7.27. The molecule has 0 spiro atoms. The number of amides is 2. The van der Waals surface area contributed by atoms with E-state index in [0.717, 1.165) is 22.5 Å². The number of hydrogen-bond acceptors (Lipinski definition) is 5. The Bertz CT molecular complexity index is 1280. The van der Waals surface area contributed by atoms with Gasteiger partial charge in [-0.15, -0.1) is 0 Å². The quantitative estimate of drug-likeness (QED) is 0.607. The summed E-state index contributed by atoms with van der Waals surface area (Å²) < 4.78 is 0. The fourth-order valence-electron chi connectivity index (χ4n) is 5.56. The summed E-state index contributed by atoms with van der Waals surface area (Å²) in [6, 6.07) is 26.2. The van der Waals surface area contributed by atoms with Gasteiger partial charge in [0.25, 0.3) is 0 Å². The number of hydrogen-bond donors (Lipinski definition) is 1. The minimum absolute atomic E-state index is 0.0523. The summed E-state index contributed by atoms with van der Waals surface area (Å²) in [5.41, 5.74) is 2.83. The highest BCUT2D eigenvalue weighted by Gasteiger charge is 2.64. The SMILES string of the molecule is CN1C(=O)[C@H]2C[C@@]3(N=Nc4ccccc4)c4ccccc4N[C@H]3N2C(=O)[C@@H]1Cc1ccccc1. The van der Waals surface area contributed by atoms with Gasteiger partial charge in [-0.1, -0.05) is 66.7 Å². The van der Waals surface area contributed by atoms with Crippen LogP contribution in [0.25, 0.3) is 0 Å². The Hall–Kier alpha value is -4.00. The van der Waals surface area contributed by atoms with Gasteiger partial charge >= 0.3 is 0 Å². The van der Waals surface area contributed by atoms with E-state index in [1.165, 1.54) is 0 Å². The van der Waals surface area contributed by atoms with Crippen LogP contribution in [0, 0.1) is 0 Å². The van der Waals surface area contributed by atoms with E-state index in [0.29, 0.717) is 12.8 Å². The van der Waals surface area contributed by atoms with Crippen molar-refractivity contribution in [3.05, 3.63) is 96.1 Å². The molecule has 3 heterocycles. The number of rotatable bonds is 4. The molecule has 3 aliphatic heterocycles. The van der Waals surface area contributed by atoms with Gasteiger partial charge in [0.1, 0.15) is 23.8 Å². The van der Waals surface area contributed by atoms with E-state index in [1.54, 1.807) is 16.8 Å². The molecule has 0 aliphatic carbocycles. The lowest BCUT2D eigenvalue weighted by Gasteiger charge is -2.42. The Morgan fingerprint density at radius 3 is 2.35 bits per heavy atom. The third kappa shape index (κ3) is 3.04. The highest BCUT2D eigenvalue weighted by Crippen LogP contribution is 2.53. The van der Waals surface area contributed by atoms with E-state index in [-0.39, 0.29) is 11.8 Å². The Morgan fingerprint density at radius 2 is 1.59 bits per heavy atom. The van der Waals surface area contributed by atoms with Crippen LogP contribution in [-0.4, -0.2) is 46.9 Å². The Balaban J connectivity index is 1.41. The van der Waals surface area contributed by atoms with Crippen molar-refractivity contribution in [3.63, 3.8) is 0 Å². The molecule has 3 aromatic rings. The number of anilines is 1. The molecule has 170 valence electrons. The van der Waals surface area contributed by atoms with E-state index >= 15 is 0 Å². The number of benzene rings is 3. The Labute approximate surface area is 198 Å². The molecule has 2 amide bonds. The van der Waals surface area contributed by atoms with Crippen LogP contribution in [0.1, 0.15) is 17.5 Å². The minimum Gasteiger partial charge on any atom is -0.362 e. The summed E-state index contributed by atoms with van der Waals surface area (Å²) in [7, 11) is 1.73. The molecule has 0 aromatic heterocycles. The zero-order chi connectivity index (χ0) is 23.3. The van der Waals surface area contributed by atoms with E-state index in [1.807, 2.05) is 84.9 Å². The highest BCUT2D eigenvalue weighted by molar-refractivity contribution is 5.98. The average Bonchev–Trinajstić information content (AvgIpc) is 3.37. The van der Waals surface area contributed by atoms with Crippen LogP contribution in [0.3, 0.4) is 0 Å². The van der Waals surface area contributed by atoms with Crippen LogP contribution in [0.5, 0.6) is 0 Å². The van der Waals surface area contributed by atoms with Crippen molar-refractivity contribution in [2.75, 3.05) is 12.4 Å². The standard InChI is InChI=1S/C27H25N5O2/c1-31-22(16-18-10-4-2-5-11-18)25(34)32-23(24(31)33)17-27(30-29-19-12-6-3-7-13-19)20-14-8-9-15-21(20)28-26(27)32/h2-15,22-23,26,28H,16-17H2,1H3/t22-,23+,26-,27+/m0/s1. The number of para-hydroxylation sites is 1. The van der Waals surface area contributed by atoms with E-state index in [9.17, 15) is 9.59 Å². The number of carbonyl (C=O) groups is 2. The van der Waals surface area contributed by atoms with Gasteiger partial charge in [-0.05, 0) is 23.8 Å². The normalized spacial score (nSPS) is 27.5. The monoisotopic (exact) mass is 451 g/mol. The van der Waals surface area contributed by atoms with Crippen LogP contribution < -0.4 is 5.32 Å². The number of piperazine rings is 1. The maximum atomic E-state index is 13.9. The van der Waals surface area contributed by atoms with Gasteiger partial charge < -0.3 is 15.1 Å². The molecule has 2 fully saturated rings.